The monoisotopic (exact) mass is 501 g/mol. The first-order valence-electron chi connectivity index (χ1n) is 13.7. The largest absolute Gasteiger partial charge is 0.290 e. The van der Waals surface area contributed by atoms with Gasteiger partial charge < -0.3 is 0 Å². The number of nitrogens with zero attached hydrogens (tertiary/aromatic N) is 3. The second-order valence-electron chi connectivity index (χ2n) is 12.3. The van der Waals surface area contributed by atoms with Gasteiger partial charge in [-0.15, -0.1) is 0 Å². The molecule has 0 radical (unpaired) electrons. The van der Waals surface area contributed by atoms with E-state index in [1.165, 1.54) is 24.1 Å². The first-order valence-corrected chi connectivity index (χ1v) is 13.7. The minimum atomic E-state index is -0.398. The first kappa shape index (κ1) is 24.3. The number of benzene rings is 1. The van der Waals surface area contributed by atoms with E-state index in [1.807, 2.05) is 6.08 Å². The highest BCUT2D eigenvalue weighted by Gasteiger charge is 2.59. The Morgan fingerprint density at radius 2 is 1.86 bits per heavy atom. The number of amides is 1. The molecule has 7 atom stereocenters. The van der Waals surface area contributed by atoms with Crippen LogP contribution < -0.4 is 0 Å². The van der Waals surface area contributed by atoms with E-state index in [0.717, 1.165) is 43.4 Å². The van der Waals surface area contributed by atoms with Crippen molar-refractivity contribution in [1.29, 1.82) is 0 Å². The average molecular weight is 502 g/mol. The van der Waals surface area contributed by atoms with Crippen molar-refractivity contribution in [3.05, 3.63) is 63.7 Å². The summed E-state index contributed by atoms with van der Waals surface area (Å²) in [7, 11) is 0. The van der Waals surface area contributed by atoms with Crippen LogP contribution in [0.15, 0.2) is 53.2 Å². The van der Waals surface area contributed by atoms with Crippen molar-refractivity contribution in [3.8, 4) is 0 Å². The predicted octanol–water partition coefficient (Wildman–Crippen LogP) is 6.17. The number of non-ortho nitro benzene ring substituents is 1. The van der Waals surface area contributed by atoms with Crippen LogP contribution in [0.3, 0.4) is 0 Å². The lowest BCUT2D eigenvalue weighted by molar-refractivity contribution is -0.384. The zero-order chi connectivity index (χ0) is 26.1. The molecule has 0 bridgehead atoms. The van der Waals surface area contributed by atoms with Crippen LogP contribution in [0, 0.1) is 44.6 Å². The second-order valence-corrected chi connectivity index (χ2v) is 12.3. The van der Waals surface area contributed by atoms with Crippen LogP contribution in [-0.4, -0.2) is 27.3 Å². The number of fused-ring (bicyclic) bond motifs is 5. The zero-order valence-corrected chi connectivity index (χ0v) is 21.9. The fourth-order valence-electron chi connectivity index (χ4n) is 8.86. The highest BCUT2D eigenvalue weighted by molar-refractivity contribution is 6.01. The third kappa shape index (κ3) is 3.64. The van der Waals surface area contributed by atoms with E-state index in [9.17, 15) is 19.7 Å². The van der Waals surface area contributed by atoms with E-state index in [0.29, 0.717) is 30.1 Å². The van der Waals surface area contributed by atoms with Gasteiger partial charge in [0, 0.05) is 42.5 Å². The molecule has 1 aliphatic heterocycles. The maximum absolute atomic E-state index is 12.6. The molecule has 1 heterocycles. The van der Waals surface area contributed by atoms with Gasteiger partial charge >= 0.3 is 0 Å². The van der Waals surface area contributed by atoms with E-state index in [4.69, 9.17) is 5.10 Å². The molecule has 194 valence electrons. The van der Waals surface area contributed by atoms with Crippen molar-refractivity contribution in [2.75, 3.05) is 0 Å². The van der Waals surface area contributed by atoms with Crippen molar-refractivity contribution in [2.24, 2.45) is 39.6 Å². The molecule has 0 spiro atoms. The SMILES string of the molecule is CC(=O)N1N=C([C@H]2CC[C@H]3[C@@H]4CCC5=CC(=O)C=C[C@]5(C)[C@H]4CC[C@]23C)CC1c1ccc([N+](=O)[O-])cc1. The minimum Gasteiger partial charge on any atom is -0.290 e. The van der Waals surface area contributed by atoms with Crippen molar-refractivity contribution in [2.45, 2.75) is 71.8 Å². The molecule has 7 heteroatoms. The summed E-state index contributed by atoms with van der Waals surface area (Å²) in [5.74, 6) is 2.20. The van der Waals surface area contributed by atoms with E-state index in [2.05, 4.69) is 19.9 Å². The summed E-state index contributed by atoms with van der Waals surface area (Å²) in [4.78, 5) is 35.4. The number of carbonyl (C=O) groups is 2. The summed E-state index contributed by atoms with van der Waals surface area (Å²) >= 11 is 0. The molecule has 1 aromatic carbocycles. The molecule has 4 aliphatic carbocycles. The number of nitro groups is 1. The quantitative estimate of drug-likeness (QED) is 0.366. The van der Waals surface area contributed by atoms with Gasteiger partial charge in [0.1, 0.15) is 0 Å². The van der Waals surface area contributed by atoms with Gasteiger partial charge in [-0.3, -0.25) is 19.7 Å². The molecule has 1 unspecified atom stereocenters. The average Bonchev–Trinajstić information content (AvgIpc) is 3.46. The number of hydrogen-bond donors (Lipinski definition) is 0. The van der Waals surface area contributed by atoms with E-state index >= 15 is 0 Å². The van der Waals surface area contributed by atoms with Crippen molar-refractivity contribution in [3.63, 3.8) is 0 Å². The summed E-state index contributed by atoms with van der Waals surface area (Å²) < 4.78 is 0. The molecule has 0 aromatic heterocycles. The van der Waals surface area contributed by atoms with Crippen molar-refractivity contribution < 1.29 is 14.5 Å². The van der Waals surface area contributed by atoms with Gasteiger partial charge in [-0.25, -0.2) is 5.01 Å². The number of rotatable bonds is 3. The predicted molar refractivity (Wildman–Crippen MR) is 141 cm³/mol. The molecule has 1 aromatic rings. The number of hydrogen-bond acceptors (Lipinski definition) is 5. The standard InChI is InChI=1S/C30H35N3O4/c1-18(34)32-28(19-4-7-21(8-5-19)33(36)37)17-27(31-32)26-11-10-24-23-9-6-20-16-22(35)12-14-29(20,2)25(23)13-15-30(24,26)3/h4-5,7-8,12,14,16,23-26,28H,6,9-11,13,15,17H2,1-3H3/t23-,24-,25-,26+,28?,29-,30-/m0/s1. The Labute approximate surface area is 217 Å². The molecular weight excluding hydrogens is 466 g/mol. The van der Waals surface area contributed by atoms with Crippen LogP contribution in [0.4, 0.5) is 5.69 Å². The molecular formula is C30H35N3O4. The molecule has 0 N–H and O–H groups in total. The van der Waals surface area contributed by atoms with Crippen molar-refractivity contribution in [1.82, 2.24) is 5.01 Å². The highest BCUT2D eigenvalue weighted by Crippen LogP contribution is 2.66. The maximum atomic E-state index is 12.6. The van der Waals surface area contributed by atoms with Gasteiger partial charge in [0.25, 0.3) is 5.69 Å². The normalized spacial score (nSPS) is 38.4. The van der Waals surface area contributed by atoms with Gasteiger partial charge in [0.2, 0.25) is 5.91 Å². The van der Waals surface area contributed by atoms with Gasteiger partial charge in [0.15, 0.2) is 5.78 Å². The topological polar surface area (TPSA) is 92.9 Å². The molecule has 1 amide bonds. The van der Waals surface area contributed by atoms with Gasteiger partial charge in [-0.05, 0) is 79.4 Å². The third-order valence-electron chi connectivity index (χ3n) is 10.7. The Bertz CT molecular complexity index is 1260. The van der Waals surface area contributed by atoms with Crippen molar-refractivity contribution >= 4 is 23.1 Å². The van der Waals surface area contributed by atoms with Crippen LogP contribution in [-0.2, 0) is 9.59 Å². The molecule has 37 heavy (non-hydrogen) atoms. The fraction of sp³-hybridized carbons (Fsp3) is 0.567. The van der Waals surface area contributed by atoms with Crippen LogP contribution in [0.2, 0.25) is 0 Å². The lowest BCUT2D eigenvalue weighted by atomic mass is 9.47. The molecule has 7 nitrogen and oxygen atoms in total. The molecule has 6 rings (SSSR count). The third-order valence-corrected chi connectivity index (χ3v) is 10.7. The van der Waals surface area contributed by atoms with Gasteiger partial charge in [-0.2, -0.15) is 5.10 Å². The molecule has 5 aliphatic rings. The Morgan fingerprint density at radius 3 is 2.57 bits per heavy atom. The number of carbonyl (C=O) groups excluding carboxylic acids is 2. The summed E-state index contributed by atoms with van der Waals surface area (Å²) in [5, 5.41) is 17.6. The summed E-state index contributed by atoms with van der Waals surface area (Å²) in [6.07, 6.45) is 13.3. The zero-order valence-electron chi connectivity index (χ0n) is 21.9. The Kier molecular flexibility index (Phi) is 5.55. The molecule has 3 saturated carbocycles. The van der Waals surface area contributed by atoms with Gasteiger partial charge in [-0.1, -0.05) is 37.6 Å². The minimum absolute atomic E-state index is 0.00638. The Balaban J connectivity index is 1.26. The Hall–Kier alpha value is -3.09. The van der Waals surface area contributed by atoms with E-state index < -0.39 is 4.92 Å². The number of allylic oxidation sites excluding steroid dienone is 4. The van der Waals surface area contributed by atoms with Crippen LogP contribution in [0.5, 0.6) is 0 Å². The molecule has 3 fully saturated rings. The fourth-order valence-corrected chi connectivity index (χ4v) is 8.86. The molecule has 0 saturated heterocycles. The van der Waals surface area contributed by atoms with Gasteiger partial charge in [0.05, 0.1) is 11.0 Å². The first-order chi connectivity index (χ1) is 17.6. The summed E-state index contributed by atoms with van der Waals surface area (Å²) in [6.45, 7) is 6.35. The second kappa shape index (κ2) is 8.47. The summed E-state index contributed by atoms with van der Waals surface area (Å²) in [5.41, 5.74) is 3.53. The number of ketones is 1. The summed E-state index contributed by atoms with van der Waals surface area (Å²) in [6, 6.07) is 6.34. The lowest BCUT2D eigenvalue weighted by Gasteiger charge is -2.57. The van der Waals surface area contributed by atoms with Crippen LogP contribution in [0.1, 0.15) is 77.3 Å². The van der Waals surface area contributed by atoms with E-state index in [1.54, 1.807) is 30.1 Å². The van der Waals surface area contributed by atoms with E-state index in [-0.39, 0.29) is 34.2 Å². The maximum Gasteiger partial charge on any atom is 0.269 e. The Morgan fingerprint density at radius 1 is 1.11 bits per heavy atom. The highest BCUT2D eigenvalue weighted by atomic mass is 16.6. The number of hydrazone groups is 1. The van der Waals surface area contributed by atoms with Crippen LogP contribution >= 0.6 is 0 Å². The smallest absolute Gasteiger partial charge is 0.269 e. The van der Waals surface area contributed by atoms with Crippen LogP contribution in [0.25, 0.3) is 0 Å². The lowest BCUT2D eigenvalue weighted by Crippen LogP contribution is -2.50. The number of nitro benzene ring substituents is 1.